The highest BCUT2D eigenvalue weighted by atomic mass is 16.5. The van der Waals surface area contributed by atoms with E-state index < -0.39 is 0 Å². The number of benzene rings is 1. The summed E-state index contributed by atoms with van der Waals surface area (Å²) >= 11 is 0. The van der Waals surface area contributed by atoms with Crippen molar-refractivity contribution in [2.45, 2.75) is 45.1 Å². The molecule has 1 aromatic carbocycles. The van der Waals surface area contributed by atoms with Crippen LogP contribution < -0.4 is 4.74 Å². The van der Waals surface area contributed by atoms with Crippen LogP contribution in [0.15, 0.2) is 18.2 Å². The van der Waals surface area contributed by atoms with Crippen molar-refractivity contribution in [2.75, 3.05) is 0 Å². The molecule has 94 valence electrons. The largest absolute Gasteiger partial charge is 0.490 e. The summed E-state index contributed by atoms with van der Waals surface area (Å²) in [6.07, 6.45) is 5.77. The average Bonchev–Trinajstić information content (AvgIpc) is 3.20. The molecule has 0 saturated heterocycles. The lowest BCUT2D eigenvalue weighted by molar-refractivity contribution is 0.148. The molecule has 0 amide bonds. The summed E-state index contributed by atoms with van der Waals surface area (Å²) in [5.41, 5.74) is 2.62. The summed E-state index contributed by atoms with van der Waals surface area (Å²) in [4.78, 5) is 0. The van der Waals surface area contributed by atoms with E-state index in [4.69, 9.17) is 4.74 Å². The minimum atomic E-state index is 0.210. The van der Waals surface area contributed by atoms with E-state index in [0.717, 1.165) is 25.0 Å². The van der Waals surface area contributed by atoms with Gasteiger partial charge in [0.05, 0.1) is 12.0 Å². The van der Waals surface area contributed by atoms with E-state index in [1.807, 2.05) is 0 Å². The van der Waals surface area contributed by atoms with Crippen molar-refractivity contribution >= 4 is 0 Å². The number of rotatable bonds is 3. The predicted molar refractivity (Wildman–Crippen MR) is 70.4 cm³/mol. The molecule has 0 aromatic heterocycles. The Labute approximate surface area is 109 Å². The molecule has 1 fully saturated rings. The summed E-state index contributed by atoms with van der Waals surface area (Å²) < 4.78 is 6.05. The van der Waals surface area contributed by atoms with Crippen molar-refractivity contribution in [3.8, 4) is 11.8 Å². The third kappa shape index (κ3) is 2.36. The van der Waals surface area contributed by atoms with Gasteiger partial charge in [0.2, 0.25) is 0 Å². The van der Waals surface area contributed by atoms with Gasteiger partial charge in [-0.05, 0) is 50.2 Å². The number of ether oxygens (including phenoxy) is 1. The van der Waals surface area contributed by atoms with Gasteiger partial charge in [0, 0.05) is 6.42 Å². The quantitative estimate of drug-likeness (QED) is 0.809. The molecule has 1 aliphatic heterocycles. The lowest BCUT2D eigenvalue weighted by Crippen LogP contribution is -2.25. The Morgan fingerprint density at radius 2 is 2.22 bits per heavy atom. The lowest BCUT2D eigenvalue weighted by Gasteiger charge is -2.27. The Hall–Kier alpha value is -1.49. The second-order valence-electron chi connectivity index (χ2n) is 5.70. The Morgan fingerprint density at radius 1 is 1.39 bits per heavy atom. The number of nitriles is 1. The summed E-state index contributed by atoms with van der Waals surface area (Å²) in [5, 5.41) is 9.19. The second kappa shape index (κ2) is 4.65. The highest BCUT2D eigenvalue weighted by Crippen LogP contribution is 2.40. The minimum absolute atomic E-state index is 0.210. The third-order valence-corrected chi connectivity index (χ3v) is 4.12. The van der Waals surface area contributed by atoms with Crippen molar-refractivity contribution in [3.63, 3.8) is 0 Å². The second-order valence-corrected chi connectivity index (χ2v) is 5.70. The van der Waals surface area contributed by atoms with Crippen LogP contribution in [0.1, 0.15) is 36.8 Å². The fourth-order valence-electron chi connectivity index (χ4n) is 2.87. The van der Waals surface area contributed by atoms with Crippen LogP contribution in [-0.2, 0) is 6.42 Å². The summed E-state index contributed by atoms with van der Waals surface area (Å²) in [5.74, 6) is 1.89. The van der Waals surface area contributed by atoms with Crippen LogP contribution in [-0.4, -0.2) is 6.10 Å². The molecule has 18 heavy (non-hydrogen) atoms. The molecule has 0 spiro atoms. The van der Waals surface area contributed by atoms with Gasteiger partial charge in [-0.25, -0.2) is 0 Å². The van der Waals surface area contributed by atoms with Crippen LogP contribution in [0.5, 0.6) is 5.75 Å². The molecule has 1 saturated carbocycles. The molecular weight excluding hydrogens is 222 g/mol. The molecule has 1 unspecified atom stereocenters. The standard InChI is InChI=1S/C16H19NO/c1-11-2-7-16-13(8-11)5-6-15(18-16)9-14(10-17)12-3-4-12/h2,7-8,12,14-15H,3-6,9H2,1H3/t14?,15-/m1/s1. The first-order chi connectivity index (χ1) is 8.76. The molecular formula is C16H19NO. The fraction of sp³-hybridized carbons (Fsp3) is 0.562. The van der Waals surface area contributed by atoms with E-state index in [1.165, 1.54) is 24.0 Å². The smallest absolute Gasteiger partial charge is 0.122 e. The lowest BCUT2D eigenvalue weighted by atomic mass is 9.92. The van der Waals surface area contributed by atoms with Crippen LogP contribution in [0, 0.1) is 30.1 Å². The van der Waals surface area contributed by atoms with Gasteiger partial charge in [0.15, 0.2) is 0 Å². The maximum atomic E-state index is 9.19. The number of nitrogens with zero attached hydrogens (tertiary/aromatic N) is 1. The SMILES string of the molecule is Cc1ccc2c(c1)CC[C@H](CC(C#N)C1CC1)O2. The normalized spacial score (nSPS) is 23.7. The van der Waals surface area contributed by atoms with Crippen LogP contribution in [0.2, 0.25) is 0 Å². The summed E-state index contributed by atoms with van der Waals surface area (Å²) in [6.45, 7) is 2.12. The molecule has 2 heteroatoms. The van der Waals surface area contributed by atoms with Gasteiger partial charge in [-0.2, -0.15) is 5.26 Å². The van der Waals surface area contributed by atoms with Crippen molar-refractivity contribution in [2.24, 2.45) is 11.8 Å². The van der Waals surface area contributed by atoms with E-state index >= 15 is 0 Å². The van der Waals surface area contributed by atoms with E-state index in [2.05, 4.69) is 31.2 Å². The molecule has 1 aliphatic carbocycles. The van der Waals surface area contributed by atoms with Crippen LogP contribution in [0.4, 0.5) is 0 Å². The molecule has 0 bridgehead atoms. The van der Waals surface area contributed by atoms with Gasteiger partial charge < -0.3 is 4.74 Å². The van der Waals surface area contributed by atoms with Gasteiger partial charge in [-0.3, -0.25) is 0 Å². The topological polar surface area (TPSA) is 33.0 Å². The Bertz CT molecular complexity index is 484. The first kappa shape index (κ1) is 11.6. The molecule has 0 radical (unpaired) electrons. The Morgan fingerprint density at radius 3 is 2.94 bits per heavy atom. The zero-order chi connectivity index (χ0) is 12.5. The van der Waals surface area contributed by atoms with E-state index in [9.17, 15) is 5.26 Å². The zero-order valence-electron chi connectivity index (χ0n) is 10.9. The molecule has 0 N–H and O–H groups in total. The van der Waals surface area contributed by atoms with Gasteiger partial charge in [0.25, 0.3) is 0 Å². The van der Waals surface area contributed by atoms with Crippen LogP contribution >= 0.6 is 0 Å². The van der Waals surface area contributed by atoms with Gasteiger partial charge >= 0.3 is 0 Å². The number of hydrogen-bond acceptors (Lipinski definition) is 2. The molecule has 1 aromatic rings. The zero-order valence-corrected chi connectivity index (χ0v) is 10.9. The van der Waals surface area contributed by atoms with Crippen molar-refractivity contribution in [1.82, 2.24) is 0 Å². The maximum Gasteiger partial charge on any atom is 0.122 e. The van der Waals surface area contributed by atoms with Crippen LogP contribution in [0.3, 0.4) is 0 Å². The molecule has 1 heterocycles. The number of aryl methyl sites for hydroxylation is 2. The molecule has 2 atom stereocenters. The highest BCUT2D eigenvalue weighted by molar-refractivity contribution is 5.38. The highest BCUT2D eigenvalue weighted by Gasteiger charge is 2.34. The van der Waals surface area contributed by atoms with E-state index in [1.54, 1.807) is 0 Å². The summed E-state index contributed by atoms with van der Waals surface area (Å²) in [6, 6.07) is 8.86. The number of hydrogen-bond donors (Lipinski definition) is 0. The van der Waals surface area contributed by atoms with Gasteiger partial charge in [-0.15, -0.1) is 0 Å². The summed E-state index contributed by atoms with van der Waals surface area (Å²) in [7, 11) is 0. The first-order valence-electron chi connectivity index (χ1n) is 6.92. The third-order valence-electron chi connectivity index (χ3n) is 4.12. The minimum Gasteiger partial charge on any atom is -0.490 e. The Kier molecular flexibility index (Phi) is 2.99. The van der Waals surface area contributed by atoms with Crippen molar-refractivity contribution < 1.29 is 4.74 Å². The van der Waals surface area contributed by atoms with Crippen molar-refractivity contribution in [3.05, 3.63) is 29.3 Å². The fourth-order valence-corrected chi connectivity index (χ4v) is 2.87. The Balaban J connectivity index is 1.67. The van der Waals surface area contributed by atoms with Gasteiger partial charge in [-0.1, -0.05) is 17.7 Å². The van der Waals surface area contributed by atoms with E-state index in [-0.39, 0.29) is 12.0 Å². The average molecular weight is 241 g/mol. The maximum absolute atomic E-state index is 9.19. The van der Waals surface area contributed by atoms with E-state index in [0.29, 0.717) is 5.92 Å². The first-order valence-corrected chi connectivity index (χ1v) is 6.92. The predicted octanol–water partition coefficient (Wildman–Crippen LogP) is 3.63. The van der Waals surface area contributed by atoms with Crippen LogP contribution in [0.25, 0.3) is 0 Å². The van der Waals surface area contributed by atoms with Crippen molar-refractivity contribution in [1.29, 1.82) is 5.26 Å². The monoisotopic (exact) mass is 241 g/mol. The molecule has 2 aliphatic rings. The number of fused-ring (bicyclic) bond motifs is 1. The molecule has 3 rings (SSSR count). The molecule has 2 nitrogen and oxygen atoms in total. The van der Waals surface area contributed by atoms with Gasteiger partial charge in [0.1, 0.15) is 11.9 Å².